The number of nitrogens with one attached hydrogen (secondary N) is 2. The summed E-state index contributed by atoms with van der Waals surface area (Å²) in [5, 5.41) is 3.22. The lowest BCUT2D eigenvalue weighted by atomic mass is 10.0. The van der Waals surface area contributed by atoms with Gasteiger partial charge in [0.1, 0.15) is 0 Å². The van der Waals surface area contributed by atoms with Crippen molar-refractivity contribution in [3.05, 3.63) is 65.5 Å². The van der Waals surface area contributed by atoms with Crippen LogP contribution in [0.4, 0.5) is 0 Å². The summed E-state index contributed by atoms with van der Waals surface area (Å²) in [5.74, 6) is -0.0784. The van der Waals surface area contributed by atoms with E-state index in [0.29, 0.717) is 5.56 Å². The number of ether oxygens (including phenoxy) is 1. The highest BCUT2D eigenvalue weighted by molar-refractivity contribution is 5.97. The quantitative estimate of drug-likeness (QED) is 0.730. The normalized spacial score (nSPS) is 16.3. The van der Waals surface area contributed by atoms with Crippen LogP contribution in [0.15, 0.2) is 48.8 Å². The van der Waals surface area contributed by atoms with Crippen molar-refractivity contribution in [1.29, 1.82) is 0 Å². The molecule has 1 atom stereocenters. The number of aromatic amines is 1. The lowest BCUT2D eigenvalue weighted by Gasteiger charge is -2.31. The van der Waals surface area contributed by atoms with E-state index < -0.39 is 0 Å². The van der Waals surface area contributed by atoms with E-state index in [4.69, 9.17) is 4.74 Å². The van der Waals surface area contributed by atoms with Crippen LogP contribution < -0.4 is 5.32 Å². The number of aryl methyl sites for hydroxylation is 1. The predicted octanol–water partition coefficient (Wildman–Crippen LogP) is 2.67. The molecule has 0 aliphatic carbocycles. The van der Waals surface area contributed by atoms with Crippen molar-refractivity contribution in [3.8, 4) is 0 Å². The summed E-state index contributed by atoms with van der Waals surface area (Å²) >= 11 is 0. The Labute approximate surface area is 158 Å². The fourth-order valence-corrected chi connectivity index (χ4v) is 3.39. The number of aromatic nitrogens is 2. The summed E-state index contributed by atoms with van der Waals surface area (Å²) in [4.78, 5) is 22.5. The van der Waals surface area contributed by atoms with Crippen LogP contribution in [0.5, 0.6) is 0 Å². The van der Waals surface area contributed by atoms with Gasteiger partial charge in [-0.15, -0.1) is 0 Å². The second kappa shape index (κ2) is 7.90. The van der Waals surface area contributed by atoms with Crippen LogP contribution in [0.3, 0.4) is 0 Å². The van der Waals surface area contributed by atoms with E-state index in [9.17, 15) is 4.79 Å². The standard InChI is InChI=1S/C21H24N4O2/c1-15-2-4-16(5-3-15)20(13-25-8-10-27-11-9-25)24-21(26)17-6-7-18-19(12-17)23-14-22-18/h2-7,12,14,20H,8-11,13H2,1H3,(H,22,23)(H,24,26). The number of H-pyrrole nitrogens is 1. The zero-order valence-corrected chi connectivity index (χ0v) is 15.4. The molecule has 4 rings (SSSR count). The van der Waals surface area contributed by atoms with Crippen molar-refractivity contribution >= 4 is 16.9 Å². The molecule has 1 unspecified atom stereocenters. The number of morpholine rings is 1. The Balaban J connectivity index is 1.54. The average molecular weight is 364 g/mol. The molecule has 1 fully saturated rings. The second-order valence-electron chi connectivity index (χ2n) is 6.98. The van der Waals surface area contributed by atoms with Gasteiger partial charge < -0.3 is 15.0 Å². The predicted molar refractivity (Wildman–Crippen MR) is 105 cm³/mol. The summed E-state index contributed by atoms with van der Waals surface area (Å²) in [6, 6.07) is 13.8. The first-order chi connectivity index (χ1) is 13.2. The highest BCUT2D eigenvalue weighted by atomic mass is 16.5. The minimum absolute atomic E-state index is 0.0753. The van der Waals surface area contributed by atoms with Gasteiger partial charge in [0.15, 0.2) is 0 Å². The molecule has 1 saturated heterocycles. The Morgan fingerprint density at radius 2 is 2.00 bits per heavy atom. The number of carbonyl (C=O) groups excluding carboxylic acids is 1. The van der Waals surface area contributed by atoms with Gasteiger partial charge in [0.2, 0.25) is 0 Å². The summed E-state index contributed by atoms with van der Waals surface area (Å²) in [5.41, 5.74) is 4.67. The van der Waals surface area contributed by atoms with Gasteiger partial charge in [-0.1, -0.05) is 29.8 Å². The Kier molecular flexibility index (Phi) is 5.18. The SMILES string of the molecule is Cc1ccc(C(CN2CCOCC2)NC(=O)c2ccc3nc[nH]c3c2)cc1. The maximum Gasteiger partial charge on any atom is 0.251 e. The van der Waals surface area contributed by atoms with Crippen molar-refractivity contribution in [3.63, 3.8) is 0 Å². The molecule has 0 saturated carbocycles. The molecular formula is C21H24N4O2. The Bertz CT molecular complexity index is 913. The van der Waals surface area contributed by atoms with Crippen molar-refractivity contribution in [1.82, 2.24) is 20.2 Å². The minimum Gasteiger partial charge on any atom is -0.379 e. The van der Waals surface area contributed by atoms with Crippen molar-refractivity contribution in [2.24, 2.45) is 0 Å². The van der Waals surface area contributed by atoms with E-state index in [1.54, 1.807) is 6.33 Å². The molecule has 6 heteroatoms. The second-order valence-corrected chi connectivity index (χ2v) is 6.98. The molecule has 0 bridgehead atoms. The summed E-state index contributed by atoms with van der Waals surface area (Å²) in [6.45, 7) is 6.09. The van der Waals surface area contributed by atoms with Gasteiger partial charge in [0.05, 0.1) is 36.6 Å². The number of imidazole rings is 1. The number of hydrogen-bond acceptors (Lipinski definition) is 4. The molecule has 140 valence electrons. The molecule has 1 aliphatic rings. The fraction of sp³-hybridized carbons (Fsp3) is 0.333. The first-order valence-electron chi connectivity index (χ1n) is 9.30. The van der Waals surface area contributed by atoms with Gasteiger partial charge in [0, 0.05) is 25.2 Å². The number of fused-ring (bicyclic) bond motifs is 1. The number of hydrogen-bond donors (Lipinski definition) is 2. The van der Waals surface area contributed by atoms with Gasteiger partial charge in [-0.25, -0.2) is 4.98 Å². The van der Waals surface area contributed by atoms with Crippen LogP contribution in [0, 0.1) is 6.92 Å². The van der Waals surface area contributed by atoms with Crippen molar-refractivity contribution in [2.45, 2.75) is 13.0 Å². The van der Waals surface area contributed by atoms with Gasteiger partial charge in [0.25, 0.3) is 5.91 Å². The molecule has 2 aromatic carbocycles. The number of benzene rings is 2. The molecule has 0 radical (unpaired) electrons. The molecule has 6 nitrogen and oxygen atoms in total. The first kappa shape index (κ1) is 17.7. The van der Waals surface area contributed by atoms with Gasteiger partial charge >= 0.3 is 0 Å². The summed E-state index contributed by atoms with van der Waals surface area (Å²) in [7, 11) is 0. The zero-order chi connectivity index (χ0) is 18.6. The van der Waals surface area contributed by atoms with E-state index in [0.717, 1.165) is 49.4 Å². The van der Waals surface area contributed by atoms with Crippen LogP contribution >= 0.6 is 0 Å². The van der Waals surface area contributed by atoms with E-state index in [1.165, 1.54) is 5.56 Å². The van der Waals surface area contributed by atoms with Crippen LogP contribution in [0.2, 0.25) is 0 Å². The number of rotatable bonds is 5. The third kappa shape index (κ3) is 4.18. The monoisotopic (exact) mass is 364 g/mol. The maximum atomic E-state index is 12.9. The topological polar surface area (TPSA) is 70.2 Å². The van der Waals surface area contributed by atoms with Crippen LogP contribution in [-0.4, -0.2) is 53.6 Å². The highest BCUT2D eigenvalue weighted by Crippen LogP contribution is 2.18. The van der Waals surface area contributed by atoms with E-state index >= 15 is 0 Å². The molecule has 1 aliphatic heterocycles. The van der Waals surface area contributed by atoms with Gasteiger partial charge in [-0.05, 0) is 30.7 Å². The highest BCUT2D eigenvalue weighted by Gasteiger charge is 2.21. The number of nitrogens with zero attached hydrogens (tertiary/aromatic N) is 2. The van der Waals surface area contributed by atoms with E-state index in [1.807, 2.05) is 18.2 Å². The van der Waals surface area contributed by atoms with Gasteiger partial charge in [-0.2, -0.15) is 0 Å². The third-order valence-corrected chi connectivity index (χ3v) is 5.01. The van der Waals surface area contributed by atoms with Crippen LogP contribution in [0.1, 0.15) is 27.5 Å². The summed E-state index contributed by atoms with van der Waals surface area (Å²) in [6.07, 6.45) is 1.64. The van der Waals surface area contributed by atoms with Crippen LogP contribution in [-0.2, 0) is 4.74 Å². The molecular weight excluding hydrogens is 340 g/mol. The van der Waals surface area contributed by atoms with Crippen LogP contribution in [0.25, 0.3) is 11.0 Å². The van der Waals surface area contributed by atoms with Crippen molar-refractivity contribution in [2.75, 3.05) is 32.8 Å². The average Bonchev–Trinajstić information content (AvgIpc) is 3.16. The third-order valence-electron chi connectivity index (χ3n) is 5.01. The van der Waals surface area contributed by atoms with Crippen molar-refractivity contribution < 1.29 is 9.53 Å². The van der Waals surface area contributed by atoms with E-state index in [2.05, 4.69) is 51.4 Å². The Morgan fingerprint density at radius 3 is 2.78 bits per heavy atom. The molecule has 1 amide bonds. The molecule has 2 heterocycles. The molecule has 2 N–H and O–H groups in total. The Morgan fingerprint density at radius 1 is 1.22 bits per heavy atom. The first-order valence-corrected chi connectivity index (χ1v) is 9.30. The number of amides is 1. The van der Waals surface area contributed by atoms with Gasteiger partial charge in [-0.3, -0.25) is 9.69 Å². The fourth-order valence-electron chi connectivity index (χ4n) is 3.39. The largest absolute Gasteiger partial charge is 0.379 e. The summed E-state index contributed by atoms with van der Waals surface area (Å²) < 4.78 is 5.45. The lowest BCUT2D eigenvalue weighted by Crippen LogP contribution is -2.43. The molecule has 1 aromatic heterocycles. The molecule has 27 heavy (non-hydrogen) atoms. The lowest BCUT2D eigenvalue weighted by molar-refractivity contribution is 0.0332. The molecule has 0 spiro atoms. The minimum atomic E-state index is -0.0784. The Hall–Kier alpha value is -2.70. The maximum absolute atomic E-state index is 12.9. The van der Waals surface area contributed by atoms with E-state index in [-0.39, 0.29) is 11.9 Å². The zero-order valence-electron chi connectivity index (χ0n) is 15.4. The smallest absolute Gasteiger partial charge is 0.251 e. The molecule has 3 aromatic rings. The number of carbonyl (C=O) groups is 1.